The number of hydrogen-bond donors (Lipinski definition) is 2. The van der Waals surface area contributed by atoms with Crippen molar-refractivity contribution >= 4 is 5.97 Å². The molecule has 0 bridgehead atoms. The molecule has 12 heavy (non-hydrogen) atoms. The van der Waals surface area contributed by atoms with E-state index in [4.69, 9.17) is 11.5 Å². The van der Waals surface area contributed by atoms with Crippen molar-refractivity contribution in [2.75, 3.05) is 13.1 Å². The average molecular weight is 167 g/mol. The third-order valence-electron chi connectivity index (χ3n) is 2.45. The third-order valence-corrected chi connectivity index (χ3v) is 2.45. The molecule has 1 rings (SSSR count). The molecule has 0 aromatic heterocycles. The van der Waals surface area contributed by atoms with Gasteiger partial charge >= 0.3 is 5.97 Å². The number of carboxylic acids is 1. The van der Waals surface area contributed by atoms with E-state index in [1.165, 1.54) is 0 Å². The normalized spacial score (nSPS) is 21.2. The number of nitrogens with one attached hydrogen (secondary N) is 1. The van der Waals surface area contributed by atoms with Crippen LogP contribution in [0.3, 0.4) is 0 Å². The molecule has 0 unspecified atom stereocenters. The summed E-state index contributed by atoms with van der Waals surface area (Å²) in [4.78, 5) is 10.9. The second-order valence-corrected chi connectivity index (χ2v) is 3.22. The first-order chi connectivity index (χ1) is 5.71. The van der Waals surface area contributed by atoms with Gasteiger partial charge < -0.3 is 10.4 Å². The first-order valence-electron chi connectivity index (χ1n) is 4.09. The molecule has 0 atom stereocenters. The molecular weight excluding hydrogens is 154 g/mol. The van der Waals surface area contributed by atoms with Crippen molar-refractivity contribution in [1.29, 1.82) is 0 Å². The smallest absolute Gasteiger partial charge is 0.310 e. The van der Waals surface area contributed by atoms with Crippen LogP contribution in [0.25, 0.3) is 0 Å². The molecule has 0 amide bonds. The highest BCUT2D eigenvalue weighted by molar-refractivity contribution is 5.75. The molecule has 0 saturated carbocycles. The number of rotatable bonds is 2. The van der Waals surface area contributed by atoms with E-state index in [2.05, 4.69) is 11.2 Å². The van der Waals surface area contributed by atoms with E-state index < -0.39 is 11.4 Å². The van der Waals surface area contributed by atoms with Crippen LogP contribution < -0.4 is 5.32 Å². The van der Waals surface area contributed by atoms with Crippen LogP contribution in [0.5, 0.6) is 0 Å². The predicted molar refractivity (Wildman–Crippen MR) is 45.6 cm³/mol. The van der Waals surface area contributed by atoms with Gasteiger partial charge in [-0.25, -0.2) is 0 Å². The van der Waals surface area contributed by atoms with E-state index in [9.17, 15) is 4.79 Å². The molecule has 0 radical (unpaired) electrons. The molecule has 0 aliphatic carbocycles. The third kappa shape index (κ3) is 1.59. The van der Waals surface area contributed by atoms with Gasteiger partial charge in [0.25, 0.3) is 0 Å². The molecule has 1 heterocycles. The van der Waals surface area contributed by atoms with Gasteiger partial charge in [-0.2, -0.15) is 0 Å². The molecule has 1 aliphatic heterocycles. The predicted octanol–water partition coefficient (Wildman–Crippen LogP) is 0.464. The van der Waals surface area contributed by atoms with Crippen molar-refractivity contribution in [3.63, 3.8) is 0 Å². The molecule has 0 spiro atoms. The number of hydrogen-bond acceptors (Lipinski definition) is 2. The first-order valence-corrected chi connectivity index (χ1v) is 4.09. The molecule has 66 valence electrons. The van der Waals surface area contributed by atoms with Gasteiger partial charge in [-0.05, 0) is 25.9 Å². The molecule has 1 aliphatic rings. The summed E-state index contributed by atoms with van der Waals surface area (Å²) in [5.41, 5.74) is -0.653. The molecular formula is C9H13NO2. The number of carboxylic acid groups (broad SMARTS) is 1. The van der Waals surface area contributed by atoms with Gasteiger partial charge in [0, 0.05) is 6.42 Å². The quantitative estimate of drug-likeness (QED) is 0.587. The summed E-state index contributed by atoms with van der Waals surface area (Å²) < 4.78 is 0. The summed E-state index contributed by atoms with van der Waals surface area (Å²) in [5.74, 6) is 1.70. The van der Waals surface area contributed by atoms with Crippen molar-refractivity contribution in [3.8, 4) is 12.3 Å². The lowest BCUT2D eigenvalue weighted by Gasteiger charge is -2.31. The molecule has 2 N–H and O–H groups in total. The molecule has 3 nitrogen and oxygen atoms in total. The zero-order valence-corrected chi connectivity index (χ0v) is 6.97. The van der Waals surface area contributed by atoms with Crippen LogP contribution in [-0.4, -0.2) is 24.2 Å². The van der Waals surface area contributed by atoms with E-state index in [-0.39, 0.29) is 0 Å². The van der Waals surface area contributed by atoms with E-state index in [1.807, 2.05) is 0 Å². The molecule has 0 aromatic rings. The van der Waals surface area contributed by atoms with Crippen molar-refractivity contribution in [2.45, 2.75) is 19.3 Å². The number of aliphatic carboxylic acids is 1. The Hall–Kier alpha value is -1.01. The zero-order chi connectivity index (χ0) is 9.03. The van der Waals surface area contributed by atoms with E-state index in [1.54, 1.807) is 0 Å². The fourth-order valence-corrected chi connectivity index (χ4v) is 1.57. The lowest BCUT2D eigenvalue weighted by atomic mass is 9.76. The fraction of sp³-hybridized carbons (Fsp3) is 0.667. The summed E-state index contributed by atoms with van der Waals surface area (Å²) in [6.07, 6.45) is 6.79. The lowest BCUT2D eigenvalue weighted by Crippen LogP contribution is -2.41. The summed E-state index contributed by atoms with van der Waals surface area (Å²) in [6, 6.07) is 0. The van der Waals surface area contributed by atoms with Gasteiger partial charge in [-0.15, -0.1) is 12.3 Å². The standard InChI is InChI=1S/C9H13NO2/c1-2-3-9(8(11)12)4-6-10-7-5-9/h1,10H,3-7H2,(H,11,12). The largest absolute Gasteiger partial charge is 0.481 e. The second-order valence-electron chi connectivity index (χ2n) is 3.22. The van der Waals surface area contributed by atoms with Crippen molar-refractivity contribution < 1.29 is 9.90 Å². The summed E-state index contributed by atoms with van der Waals surface area (Å²) >= 11 is 0. The van der Waals surface area contributed by atoms with Gasteiger partial charge in [0.1, 0.15) is 0 Å². The molecule has 1 saturated heterocycles. The van der Waals surface area contributed by atoms with Crippen molar-refractivity contribution in [3.05, 3.63) is 0 Å². The highest BCUT2D eigenvalue weighted by atomic mass is 16.4. The zero-order valence-electron chi connectivity index (χ0n) is 6.97. The fourth-order valence-electron chi connectivity index (χ4n) is 1.57. The summed E-state index contributed by atoms with van der Waals surface area (Å²) in [5, 5.41) is 12.1. The Morgan fingerprint density at radius 2 is 2.17 bits per heavy atom. The summed E-state index contributed by atoms with van der Waals surface area (Å²) in [7, 11) is 0. The van der Waals surface area contributed by atoms with Crippen LogP contribution >= 0.6 is 0 Å². The Morgan fingerprint density at radius 3 is 2.58 bits per heavy atom. The van der Waals surface area contributed by atoms with Crippen molar-refractivity contribution in [1.82, 2.24) is 5.32 Å². The minimum absolute atomic E-state index is 0.351. The maximum absolute atomic E-state index is 10.9. The topological polar surface area (TPSA) is 49.3 Å². The second kappa shape index (κ2) is 3.59. The van der Waals surface area contributed by atoms with E-state index in [0.29, 0.717) is 19.3 Å². The minimum Gasteiger partial charge on any atom is -0.481 e. The minimum atomic E-state index is -0.748. The highest BCUT2D eigenvalue weighted by Crippen LogP contribution is 2.32. The van der Waals surface area contributed by atoms with Crippen molar-refractivity contribution in [2.24, 2.45) is 5.41 Å². The van der Waals surface area contributed by atoms with Gasteiger partial charge in [0.2, 0.25) is 0 Å². The monoisotopic (exact) mass is 167 g/mol. The molecule has 3 heteroatoms. The van der Waals surface area contributed by atoms with Crippen LogP contribution in [0, 0.1) is 17.8 Å². The maximum atomic E-state index is 10.9. The first kappa shape index (κ1) is 9.08. The maximum Gasteiger partial charge on any atom is 0.310 e. The number of piperidine rings is 1. The van der Waals surface area contributed by atoms with Crippen LogP contribution in [0.15, 0.2) is 0 Å². The number of carbonyl (C=O) groups is 1. The Bertz CT molecular complexity index is 211. The lowest BCUT2D eigenvalue weighted by molar-refractivity contribution is -0.150. The van der Waals surface area contributed by atoms with Crippen LogP contribution in [0.2, 0.25) is 0 Å². The average Bonchev–Trinajstić information content (AvgIpc) is 2.06. The number of terminal acetylenes is 1. The Morgan fingerprint density at radius 1 is 1.58 bits per heavy atom. The van der Waals surface area contributed by atoms with E-state index >= 15 is 0 Å². The Labute approximate surface area is 72.2 Å². The highest BCUT2D eigenvalue weighted by Gasteiger charge is 2.38. The van der Waals surface area contributed by atoms with Gasteiger partial charge in [-0.1, -0.05) is 0 Å². The Kier molecular flexibility index (Phi) is 2.72. The van der Waals surface area contributed by atoms with Gasteiger partial charge in [0.15, 0.2) is 0 Å². The van der Waals surface area contributed by atoms with Crippen LogP contribution in [0.1, 0.15) is 19.3 Å². The molecule has 0 aromatic carbocycles. The van der Waals surface area contributed by atoms with E-state index in [0.717, 1.165) is 13.1 Å². The Balaban J connectivity index is 2.71. The van der Waals surface area contributed by atoms with Gasteiger partial charge in [0.05, 0.1) is 5.41 Å². The summed E-state index contributed by atoms with van der Waals surface area (Å²) in [6.45, 7) is 1.52. The molecule has 1 fully saturated rings. The van der Waals surface area contributed by atoms with Crippen LogP contribution in [0.4, 0.5) is 0 Å². The SMILES string of the molecule is C#CCC1(C(=O)O)CCNCC1. The van der Waals surface area contributed by atoms with Crippen LogP contribution in [-0.2, 0) is 4.79 Å². The van der Waals surface area contributed by atoms with Gasteiger partial charge in [-0.3, -0.25) is 4.79 Å².